The third kappa shape index (κ3) is 5.90. The Bertz CT molecular complexity index is 265. The molecule has 0 radical (unpaired) electrons. The molecule has 0 aromatic heterocycles. The minimum absolute atomic E-state index is 0. The maximum Gasteiger partial charge on any atom is 1.00 e. The molecule has 0 bridgehead atoms. The molecule has 1 fully saturated rings. The van der Waals surface area contributed by atoms with Crippen LogP contribution < -0.4 is 113 Å². The zero-order chi connectivity index (χ0) is 10.0. The van der Waals surface area contributed by atoms with E-state index in [1.165, 1.54) is 0 Å². The first-order valence-electron chi connectivity index (χ1n) is 4.10. The van der Waals surface area contributed by atoms with Gasteiger partial charge in [0.15, 0.2) is 0 Å². The Hall–Kier alpha value is 1.95. The monoisotopic (exact) mass is 260 g/mol. The summed E-state index contributed by atoms with van der Waals surface area (Å²) in [6.07, 6.45) is 1.04. The third-order valence-electron chi connectivity index (χ3n) is 2.41. The minimum Gasteiger partial charge on any atom is -0.550 e. The van der Waals surface area contributed by atoms with Crippen LogP contribution in [-0.2, 0) is 9.59 Å². The molecule has 0 spiro atoms. The van der Waals surface area contributed by atoms with Crippen LogP contribution in [0.25, 0.3) is 0 Å². The number of carbonyl (C=O) groups is 2. The maximum atomic E-state index is 10.6. The summed E-state index contributed by atoms with van der Waals surface area (Å²) in [5, 5.41) is 21.1. The van der Waals surface area contributed by atoms with Gasteiger partial charge >= 0.3 is 103 Å². The zero-order valence-electron chi connectivity index (χ0n) is 9.12. The van der Waals surface area contributed by atoms with Crippen LogP contribution in [0.5, 0.6) is 0 Å². The van der Waals surface area contributed by atoms with Crippen molar-refractivity contribution in [2.45, 2.75) is 19.3 Å². The normalized spacial score (nSPS) is 24.7. The summed E-state index contributed by atoms with van der Waals surface area (Å²) < 4.78 is 0. The van der Waals surface area contributed by atoms with Gasteiger partial charge < -0.3 is 19.8 Å². The number of allylic oxidation sites excluding steroid dienone is 1. The number of aliphatic carboxylic acids is 2. The maximum absolute atomic E-state index is 10.6. The van der Waals surface area contributed by atoms with Crippen molar-refractivity contribution in [3.8, 4) is 0 Å². The van der Waals surface area contributed by atoms with Gasteiger partial charge in [0.05, 0.1) is 0 Å². The summed E-state index contributed by atoms with van der Waals surface area (Å²) in [5.74, 6) is -4.52. The Morgan fingerprint density at radius 1 is 1.13 bits per heavy atom. The Morgan fingerprint density at radius 2 is 1.60 bits per heavy atom. The quantitative estimate of drug-likeness (QED) is 0.365. The molecule has 1 saturated carbocycles. The number of rotatable bonds is 2. The van der Waals surface area contributed by atoms with Crippen LogP contribution in [0.1, 0.15) is 19.3 Å². The molecule has 4 nitrogen and oxygen atoms in total. The first kappa shape index (κ1) is 19.3. The van der Waals surface area contributed by atoms with Gasteiger partial charge in [0.25, 0.3) is 0 Å². The molecule has 0 aromatic rings. The van der Waals surface area contributed by atoms with Crippen molar-refractivity contribution in [1.29, 1.82) is 0 Å². The van der Waals surface area contributed by atoms with Crippen molar-refractivity contribution in [2.75, 3.05) is 0 Å². The average Bonchev–Trinajstić information content (AvgIpc) is 2.03. The summed E-state index contributed by atoms with van der Waals surface area (Å²) in [6, 6.07) is 0. The summed E-state index contributed by atoms with van der Waals surface area (Å²) in [7, 11) is 0. The van der Waals surface area contributed by atoms with E-state index in [9.17, 15) is 19.8 Å². The molecular weight excluding hydrogens is 250 g/mol. The second-order valence-electron chi connectivity index (χ2n) is 3.34. The molecule has 15 heavy (non-hydrogen) atoms. The molecule has 0 heterocycles. The molecule has 0 amide bonds. The molecule has 0 N–H and O–H groups in total. The van der Waals surface area contributed by atoms with Gasteiger partial charge in [0.1, 0.15) is 0 Å². The second-order valence-corrected chi connectivity index (χ2v) is 3.34. The van der Waals surface area contributed by atoms with E-state index >= 15 is 0 Å². The van der Waals surface area contributed by atoms with Crippen molar-refractivity contribution >= 4 is 11.9 Å². The van der Waals surface area contributed by atoms with Crippen molar-refractivity contribution in [1.82, 2.24) is 0 Å². The fourth-order valence-electron chi connectivity index (χ4n) is 1.65. The SMILES string of the molecule is C=C1CCC(C(=O)[O-])C(C(=O)[O-])C1.[K+].[K+]. The van der Waals surface area contributed by atoms with Crippen LogP contribution >= 0.6 is 0 Å². The Kier molecular flexibility index (Phi) is 11.5. The molecule has 0 saturated heterocycles. The van der Waals surface area contributed by atoms with Crippen LogP contribution in [0, 0.1) is 11.8 Å². The van der Waals surface area contributed by atoms with Gasteiger partial charge in [-0.15, -0.1) is 0 Å². The number of carboxylic acid groups (broad SMARTS) is 2. The fourth-order valence-corrected chi connectivity index (χ4v) is 1.65. The largest absolute Gasteiger partial charge is 1.00 e. The number of carbonyl (C=O) groups excluding carboxylic acids is 2. The molecule has 2 atom stereocenters. The first-order valence-corrected chi connectivity index (χ1v) is 4.10. The van der Waals surface area contributed by atoms with Crippen molar-refractivity contribution in [3.05, 3.63) is 12.2 Å². The predicted octanol–water partition coefficient (Wildman–Crippen LogP) is -7.53. The van der Waals surface area contributed by atoms with E-state index in [2.05, 4.69) is 6.58 Å². The average molecular weight is 260 g/mol. The zero-order valence-corrected chi connectivity index (χ0v) is 15.4. The molecule has 0 aromatic carbocycles. The van der Waals surface area contributed by atoms with E-state index in [-0.39, 0.29) is 109 Å². The first-order chi connectivity index (χ1) is 6.02. The summed E-state index contributed by atoms with van der Waals surface area (Å²) in [5.41, 5.74) is 0.770. The van der Waals surface area contributed by atoms with E-state index in [4.69, 9.17) is 0 Å². The van der Waals surface area contributed by atoms with Crippen molar-refractivity contribution in [3.63, 3.8) is 0 Å². The molecule has 2 unspecified atom stereocenters. The minimum atomic E-state index is -1.32. The van der Waals surface area contributed by atoms with Crippen LogP contribution in [0.3, 0.4) is 0 Å². The van der Waals surface area contributed by atoms with E-state index in [0.29, 0.717) is 12.8 Å². The standard InChI is InChI=1S/C9H12O4.2K/c1-5-2-3-6(8(10)11)7(4-5)9(12)13;;/h6-7H,1-4H2,(H,10,11)(H,12,13);;/q;2*+1/p-2. The van der Waals surface area contributed by atoms with Gasteiger partial charge in [-0.25, -0.2) is 0 Å². The topological polar surface area (TPSA) is 80.3 Å². The molecule has 1 aliphatic rings. The van der Waals surface area contributed by atoms with E-state index in [1.807, 2.05) is 0 Å². The molecule has 1 aliphatic carbocycles. The molecular formula is C9H10K2O4. The van der Waals surface area contributed by atoms with Gasteiger partial charge in [-0.1, -0.05) is 12.2 Å². The van der Waals surface area contributed by atoms with E-state index in [1.54, 1.807) is 0 Å². The summed E-state index contributed by atoms with van der Waals surface area (Å²) in [4.78, 5) is 21.1. The molecule has 6 heteroatoms. The van der Waals surface area contributed by atoms with Gasteiger partial charge in [0.2, 0.25) is 0 Å². The number of carboxylic acids is 2. The van der Waals surface area contributed by atoms with Gasteiger partial charge in [-0.05, 0) is 19.3 Å². The van der Waals surface area contributed by atoms with Crippen LogP contribution in [0.4, 0.5) is 0 Å². The summed E-state index contributed by atoms with van der Waals surface area (Å²) in [6.45, 7) is 3.64. The number of hydrogen-bond acceptors (Lipinski definition) is 4. The Labute approximate surface area is 174 Å². The van der Waals surface area contributed by atoms with Crippen LogP contribution in [0.15, 0.2) is 12.2 Å². The smallest absolute Gasteiger partial charge is 0.550 e. The second kappa shape index (κ2) is 8.96. The van der Waals surface area contributed by atoms with Crippen molar-refractivity contribution in [2.24, 2.45) is 11.8 Å². The fraction of sp³-hybridized carbons (Fsp3) is 0.556. The molecule has 0 aliphatic heterocycles. The van der Waals surface area contributed by atoms with Crippen LogP contribution in [-0.4, -0.2) is 11.9 Å². The molecule has 72 valence electrons. The predicted molar refractivity (Wildman–Crippen MR) is 40.0 cm³/mol. The third-order valence-corrected chi connectivity index (χ3v) is 2.41. The Morgan fingerprint density at radius 3 is 2.00 bits per heavy atom. The van der Waals surface area contributed by atoms with E-state index in [0.717, 1.165) is 5.57 Å². The van der Waals surface area contributed by atoms with Crippen LogP contribution in [0.2, 0.25) is 0 Å². The van der Waals surface area contributed by atoms with Crippen molar-refractivity contribution < 1.29 is 123 Å². The summed E-state index contributed by atoms with van der Waals surface area (Å²) >= 11 is 0. The van der Waals surface area contributed by atoms with E-state index < -0.39 is 23.8 Å². The van der Waals surface area contributed by atoms with Gasteiger partial charge in [0, 0.05) is 23.8 Å². The molecule has 1 rings (SSSR count). The Balaban J connectivity index is 0. The van der Waals surface area contributed by atoms with Gasteiger partial charge in [-0.3, -0.25) is 0 Å². The van der Waals surface area contributed by atoms with Gasteiger partial charge in [-0.2, -0.15) is 0 Å². The number of hydrogen-bond donors (Lipinski definition) is 0.